The summed E-state index contributed by atoms with van der Waals surface area (Å²) in [6.07, 6.45) is 0. The molecule has 0 unspecified atom stereocenters. The quantitative estimate of drug-likeness (QED) is 0.880. The molecule has 0 saturated heterocycles. The van der Waals surface area contributed by atoms with Gasteiger partial charge in [0, 0.05) is 13.1 Å². The van der Waals surface area contributed by atoms with E-state index in [9.17, 15) is 5.11 Å². The van der Waals surface area contributed by atoms with Crippen LogP contribution in [0.4, 0.5) is 0 Å². The Morgan fingerprint density at radius 3 is 2.32 bits per heavy atom. The Balaban J connectivity index is 1.94. The van der Waals surface area contributed by atoms with Gasteiger partial charge in [-0.2, -0.15) is 0 Å². The molecule has 2 nitrogen and oxygen atoms in total. The van der Waals surface area contributed by atoms with Gasteiger partial charge in [0.25, 0.3) is 0 Å². The van der Waals surface area contributed by atoms with Gasteiger partial charge in [-0.1, -0.05) is 53.5 Å². The Morgan fingerprint density at radius 1 is 0.895 bits per heavy atom. The largest absolute Gasteiger partial charge is 0.392 e. The van der Waals surface area contributed by atoms with E-state index in [1.807, 2.05) is 36.4 Å². The van der Waals surface area contributed by atoms with Crippen LogP contribution in [0.5, 0.6) is 0 Å². The highest BCUT2D eigenvalue weighted by Gasteiger charge is 2.02. The summed E-state index contributed by atoms with van der Waals surface area (Å²) >= 11 is 11.8. The molecule has 0 aliphatic heterocycles. The number of rotatable bonds is 5. The second-order valence-electron chi connectivity index (χ2n) is 4.28. The van der Waals surface area contributed by atoms with Crippen molar-refractivity contribution in [3.63, 3.8) is 0 Å². The Labute approximate surface area is 123 Å². The highest BCUT2D eigenvalue weighted by atomic mass is 35.5. The number of aliphatic hydroxyl groups is 1. The third kappa shape index (κ3) is 3.95. The van der Waals surface area contributed by atoms with Crippen LogP contribution in [0.15, 0.2) is 42.5 Å². The van der Waals surface area contributed by atoms with Gasteiger partial charge in [0.15, 0.2) is 0 Å². The van der Waals surface area contributed by atoms with Crippen molar-refractivity contribution in [2.45, 2.75) is 19.7 Å². The maximum Gasteiger partial charge on any atom is 0.0685 e. The highest BCUT2D eigenvalue weighted by Crippen LogP contribution is 2.22. The molecule has 0 bridgehead atoms. The molecule has 0 amide bonds. The number of benzene rings is 2. The zero-order valence-corrected chi connectivity index (χ0v) is 11.9. The van der Waals surface area contributed by atoms with Gasteiger partial charge in [0.2, 0.25) is 0 Å². The van der Waals surface area contributed by atoms with E-state index >= 15 is 0 Å². The number of nitrogens with one attached hydrogen (secondary N) is 1. The van der Waals surface area contributed by atoms with Crippen molar-refractivity contribution in [2.75, 3.05) is 0 Å². The molecule has 2 aromatic rings. The Bertz CT molecular complexity index is 558. The van der Waals surface area contributed by atoms with Crippen LogP contribution >= 0.6 is 23.2 Å². The smallest absolute Gasteiger partial charge is 0.0685 e. The number of hydrogen-bond donors (Lipinski definition) is 2. The van der Waals surface area contributed by atoms with Crippen LogP contribution in [0.1, 0.15) is 16.7 Å². The highest BCUT2D eigenvalue weighted by molar-refractivity contribution is 6.42. The van der Waals surface area contributed by atoms with E-state index < -0.39 is 0 Å². The fraction of sp³-hybridized carbons (Fsp3) is 0.200. The summed E-state index contributed by atoms with van der Waals surface area (Å²) in [4.78, 5) is 0. The molecule has 0 aromatic heterocycles. The predicted octanol–water partition coefficient (Wildman–Crippen LogP) is 3.78. The van der Waals surface area contributed by atoms with Crippen molar-refractivity contribution in [3.05, 3.63) is 69.2 Å². The van der Waals surface area contributed by atoms with E-state index in [0.717, 1.165) is 16.7 Å². The normalized spacial score (nSPS) is 10.7. The van der Waals surface area contributed by atoms with Gasteiger partial charge >= 0.3 is 0 Å². The molecule has 100 valence electrons. The SMILES string of the molecule is OCc1ccccc1CNCc1ccc(Cl)c(Cl)c1. The van der Waals surface area contributed by atoms with Crippen LogP contribution in [0.3, 0.4) is 0 Å². The van der Waals surface area contributed by atoms with Crippen molar-refractivity contribution in [1.29, 1.82) is 0 Å². The third-order valence-electron chi connectivity index (χ3n) is 2.92. The lowest BCUT2D eigenvalue weighted by molar-refractivity contribution is 0.280. The van der Waals surface area contributed by atoms with E-state index in [1.165, 1.54) is 0 Å². The maximum absolute atomic E-state index is 9.24. The monoisotopic (exact) mass is 295 g/mol. The van der Waals surface area contributed by atoms with E-state index in [0.29, 0.717) is 23.1 Å². The summed E-state index contributed by atoms with van der Waals surface area (Å²) in [5.41, 5.74) is 3.13. The van der Waals surface area contributed by atoms with Crippen LogP contribution in [0, 0.1) is 0 Å². The topological polar surface area (TPSA) is 32.3 Å². The molecular formula is C15H15Cl2NO. The summed E-state index contributed by atoms with van der Waals surface area (Å²) in [6, 6.07) is 13.4. The molecule has 4 heteroatoms. The predicted molar refractivity (Wildman–Crippen MR) is 79.4 cm³/mol. The molecule has 2 rings (SSSR count). The van der Waals surface area contributed by atoms with Gasteiger partial charge in [0.1, 0.15) is 0 Å². The van der Waals surface area contributed by atoms with Crippen molar-refractivity contribution >= 4 is 23.2 Å². The molecule has 0 saturated carbocycles. The minimum atomic E-state index is 0.0601. The molecule has 0 radical (unpaired) electrons. The average molecular weight is 296 g/mol. The van der Waals surface area contributed by atoms with Crippen molar-refractivity contribution in [1.82, 2.24) is 5.32 Å². The molecule has 0 aliphatic carbocycles. The first-order valence-corrected chi connectivity index (χ1v) is 6.78. The van der Waals surface area contributed by atoms with Crippen LogP contribution in [-0.2, 0) is 19.7 Å². The molecular weight excluding hydrogens is 281 g/mol. The molecule has 19 heavy (non-hydrogen) atoms. The summed E-state index contributed by atoms with van der Waals surface area (Å²) in [5.74, 6) is 0. The second-order valence-corrected chi connectivity index (χ2v) is 5.09. The van der Waals surface area contributed by atoms with Crippen LogP contribution in [-0.4, -0.2) is 5.11 Å². The lowest BCUT2D eigenvalue weighted by Crippen LogP contribution is -2.14. The first-order chi connectivity index (χ1) is 9.20. The van der Waals surface area contributed by atoms with E-state index in [-0.39, 0.29) is 6.61 Å². The van der Waals surface area contributed by atoms with Crippen LogP contribution in [0.25, 0.3) is 0 Å². The molecule has 0 aliphatic rings. The maximum atomic E-state index is 9.24. The number of halogens is 2. The van der Waals surface area contributed by atoms with Gasteiger partial charge < -0.3 is 10.4 Å². The van der Waals surface area contributed by atoms with E-state index in [2.05, 4.69) is 5.32 Å². The molecule has 0 atom stereocenters. The second kappa shape index (κ2) is 6.92. The summed E-state index contributed by atoms with van der Waals surface area (Å²) < 4.78 is 0. The first kappa shape index (κ1) is 14.4. The molecule has 2 aromatic carbocycles. The van der Waals surface area contributed by atoms with Gasteiger partial charge in [-0.15, -0.1) is 0 Å². The lowest BCUT2D eigenvalue weighted by Gasteiger charge is -2.09. The minimum Gasteiger partial charge on any atom is -0.392 e. The molecule has 0 fully saturated rings. The minimum absolute atomic E-state index is 0.0601. The van der Waals surface area contributed by atoms with Gasteiger partial charge in [-0.05, 0) is 28.8 Å². The van der Waals surface area contributed by atoms with Crippen molar-refractivity contribution in [3.8, 4) is 0 Å². The standard InChI is InChI=1S/C15H15Cl2NO/c16-14-6-5-11(7-15(14)17)8-18-9-12-3-1-2-4-13(12)10-19/h1-7,18-19H,8-10H2. The fourth-order valence-electron chi connectivity index (χ4n) is 1.88. The summed E-state index contributed by atoms with van der Waals surface area (Å²) in [5, 5.41) is 13.7. The van der Waals surface area contributed by atoms with Crippen molar-refractivity contribution < 1.29 is 5.11 Å². The van der Waals surface area contributed by atoms with Crippen molar-refractivity contribution in [2.24, 2.45) is 0 Å². The average Bonchev–Trinajstić information content (AvgIpc) is 2.43. The fourth-order valence-corrected chi connectivity index (χ4v) is 2.20. The number of aliphatic hydroxyl groups excluding tert-OH is 1. The van der Waals surface area contributed by atoms with E-state index in [1.54, 1.807) is 6.07 Å². The van der Waals surface area contributed by atoms with Gasteiger partial charge in [0.05, 0.1) is 16.7 Å². The summed E-state index contributed by atoms with van der Waals surface area (Å²) in [6.45, 7) is 1.47. The zero-order chi connectivity index (χ0) is 13.7. The Kier molecular flexibility index (Phi) is 5.23. The Hall–Kier alpha value is -1.06. The first-order valence-electron chi connectivity index (χ1n) is 6.03. The summed E-state index contributed by atoms with van der Waals surface area (Å²) in [7, 11) is 0. The third-order valence-corrected chi connectivity index (χ3v) is 3.66. The molecule has 2 N–H and O–H groups in total. The van der Waals surface area contributed by atoms with Crippen LogP contribution in [0.2, 0.25) is 10.0 Å². The zero-order valence-electron chi connectivity index (χ0n) is 10.4. The van der Waals surface area contributed by atoms with Gasteiger partial charge in [-0.25, -0.2) is 0 Å². The van der Waals surface area contributed by atoms with E-state index in [4.69, 9.17) is 23.2 Å². The Morgan fingerprint density at radius 2 is 1.63 bits per heavy atom. The number of hydrogen-bond acceptors (Lipinski definition) is 2. The lowest BCUT2D eigenvalue weighted by atomic mass is 10.1. The molecule has 0 spiro atoms. The molecule has 0 heterocycles. The van der Waals surface area contributed by atoms with Crippen LogP contribution < -0.4 is 5.32 Å². The van der Waals surface area contributed by atoms with Gasteiger partial charge in [-0.3, -0.25) is 0 Å².